The number of hydrogen-bond acceptors (Lipinski definition) is 2. The second-order valence-electron chi connectivity index (χ2n) is 6.99. The van der Waals surface area contributed by atoms with Gasteiger partial charge in [-0.3, -0.25) is 9.98 Å². The van der Waals surface area contributed by atoms with Crippen molar-refractivity contribution >= 4 is 11.9 Å². The highest BCUT2D eigenvalue weighted by molar-refractivity contribution is 5.78. The van der Waals surface area contributed by atoms with Gasteiger partial charge in [0.05, 0.1) is 0 Å². The minimum Gasteiger partial charge on any atom is -0.370 e. The summed E-state index contributed by atoms with van der Waals surface area (Å²) in [6.07, 6.45) is 12.2. The first-order chi connectivity index (χ1) is 11.8. The number of piperidine rings is 2. The minimum absolute atomic E-state index is 0.744. The number of nitrogens with zero attached hydrogens (tertiary/aromatic N) is 4. The molecule has 0 aromatic carbocycles. The monoisotopic (exact) mass is 336 g/mol. The molecular formula is C18H36N6. The van der Waals surface area contributed by atoms with Crippen molar-refractivity contribution < 1.29 is 0 Å². The molecule has 138 valence electrons. The summed E-state index contributed by atoms with van der Waals surface area (Å²) < 4.78 is 0. The van der Waals surface area contributed by atoms with Crippen molar-refractivity contribution in [3.05, 3.63) is 0 Å². The zero-order valence-electron chi connectivity index (χ0n) is 15.3. The van der Waals surface area contributed by atoms with E-state index in [1.807, 2.05) is 0 Å². The second kappa shape index (κ2) is 11.2. The molecule has 2 saturated heterocycles. The molecule has 6 heteroatoms. The Labute approximate surface area is 147 Å². The van der Waals surface area contributed by atoms with E-state index in [2.05, 4.69) is 19.8 Å². The lowest BCUT2D eigenvalue weighted by Gasteiger charge is -2.27. The fourth-order valence-electron chi connectivity index (χ4n) is 3.41. The van der Waals surface area contributed by atoms with Gasteiger partial charge in [0, 0.05) is 39.3 Å². The molecule has 2 rings (SSSR count). The first kappa shape index (κ1) is 18.9. The van der Waals surface area contributed by atoms with Crippen LogP contribution in [0.4, 0.5) is 0 Å². The fraction of sp³-hybridized carbons (Fsp3) is 0.889. The molecular weight excluding hydrogens is 300 g/mol. The third-order valence-corrected chi connectivity index (χ3v) is 4.97. The van der Waals surface area contributed by atoms with Gasteiger partial charge in [0.15, 0.2) is 11.9 Å². The summed E-state index contributed by atoms with van der Waals surface area (Å²) in [5.41, 5.74) is 12.1. The van der Waals surface area contributed by atoms with Gasteiger partial charge in [0.1, 0.15) is 0 Å². The van der Waals surface area contributed by atoms with Crippen LogP contribution in [0.15, 0.2) is 9.98 Å². The van der Waals surface area contributed by atoms with E-state index in [1.165, 1.54) is 51.4 Å². The molecule has 0 aromatic heterocycles. The zero-order chi connectivity index (χ0) is 17.0. The van der Waals surface area contributed by atoms with E-state index in [0.29, 0.717) is 0 Å². The maximum Gasteiger partial charge on any atom is 0.191 e. The quantitative estimate of drug-likeness (QED) is 0.424. The molecule has 24 heavy (non-hydrogen) atoms. The first-order valence-electron chi connectivity index (χ1n) is 9.87. The van der Waals surface area contributed by atoms with Gasteiger partial charge in [-0.2, -0.15) is 0 Å². The van der Waals surface area contributed by atoms with Gasteiger partial charge < -0.3 is 21.3 Å². The van der Waals surface area contributed by atoms with Crippen LogP contribution in [0.1, 0.15) is 64.2 Å². The number of aliphatic imine (C=N–C) groups is 2. The van der Waals surface area contributed by atoms with Crippen LogP contribution >= 0.6 is 0 Å². The Kier molecular flexibility index (Phi) is 8.77. The molecule has 0 radical (unpaired) electrons. The number of nitrogens with two attached hydrogens (primary N) is 2. The van der Waals surface area contributed by atoms with Crippen molar-refractivity contribution in [2.45, 2.75) is 64.2 Å². The lowest BCUT2D eigenvalue weighted by atomic mass is 10.1. The largest absolute Gasteiger partial charge is 0.370 e. The number of unbranched alkanes of at least 4 members (excludes halogenated alkanes) is 3. The van der Waals surface area contributed by atoms with Crippen molar-refractivity contribution in [2.24, 2.45) is 21.5 Å². The van der Waals surface area contributed by atoms with Crippen molar-refractivity contribution in [3.8, 4) is 0 Å². The lowest BCUT2D eigenvalue weighted by molar-refractivity contribution is 0.337. The maximum atomic E-state index is 6.05. The van der Waals surface area contributed by atoms with Gasteiger partial charge in [-0.25, -0.2) is 0 Å². The Hall–Kier alpha value is -1.46. The van der Waals surface area contributed by atoms with E-state index in [4.69, 9.17) is 11.5 Å². The van der Waals surface area contributed by atoms with Gasteiger partial charge in [-0.1, -0.05) is 12.8 Å². The number of guanidine groups is 2. The van der Waals surface area contributed by atoms with E-state index in [-0.39, 0.29) is 0 Å². The van der Waals surface area contributed by atoms with E-state index in [9.17, 15) is 0 Å². The summed E-state index contributed by atoms with van der Waals surface area (Å²) in [5.74, 6) is 1.49. The van der Waals surface area contributed by atoms with Crippen molar-refractivity contribution in [2.75, 3.05) is 39.3 Å². The van der Waals surface area contributed by atoms with Crippen LogP contribution in [-0.4, -0.2) is 61.0 Å². The molecule has 2 aliphatic rings. The topological polar surface area (TPSA) is 83.2 Å². The van der Waals surface area contributed by atoms with E-state index in [0.717, 1.165) is 64.0 Å². The average Bonchev–Trinajstić information content (AvgIpc) is 2.65. The second-order valence-corrected chi connectivity index (χ2v) is 6.99. The average molecular weight is 337 g/mol. The highest BCUT2D eigenvalue weighted by atomic mass is 15.3. The van der Waals surface area contributed by atoms with Crippen LogP contribution in [0.3, 0.4) is 0 Å². The van der Waals surface area contributed by atoms with Crippen LogP contribution < -0.4 is 11.5 Å². The number of rotatable bonds is 7. The highest BCUT2D eigenvalue weighted by Gasteiger charge is 2.12. The minimum atomic E-state index is 0.744. The summed E-state index contributed by atoms with van der Waals surface area (Å²) in [4.78, 5) is 13.5. The highest BCUT2D eigenvalue weighted by Crippen LogP contribution is 2.09. The molecule has 0 bridgehead atoms. The Balaban J connectivity index is 1.48. The van der Waals surface area contributed by atoms with Crippen LogP contribution in [0.25, 0.3) is 0 Å². The van der Waals surface area contributed by atoms with Crippen molar-refractivity contribution in [1.82, 2.24) is 9.80 Å². The van der Waals surface area contributed by atoms with Crippen LogP contribution in [-0.2, 0) is 0 Å². The van der Waals surface area contributed by atoms with Crippen LogP contribution in [0.5, 0.6) is 0 Å². The summed E-state index contributed by atoms with van der Waals surface area (Å²) in [6.45, 7) is 6.00. The summed E-state index contributed by atoms with van der Waals surface area (Å²) in [7, 11) is 0. The summed E-state index contributed by atoms with van der Waals surface area (Å²) in [6, 6.07) is 0. The first-order valence-corrected chi connectivity index (χ1v) is 9.87. The van der Waals surface area contributed by atoms with Crippen molar-refractivity contribution in [1.29, 1.82) is 0 Å². The molecule has 0 unspecified atom stereocenters. The normalized spacial score (nSPS) is 20.5. The van der Waals surface area contributed by atoms with Gasteiger partial charge in [0.25, 0.3) is 0 Å². The molecule has 2 fully saturated rings. The predicted octanol–water partition coefficient (Wildman–Crippen LogP) is 2.15. The Morgan fingerprint density at radius 3 is 1.33 bits per heavy atom. The van der Waals surface area contributed by atoms with Gasteiger partial charge in [0.2, 0.25) is 0 Å². The third-order valence-electron chi connectivity index (χ3n) is 4.97. The Bertz CT molecular complexity index is 356. The predicted molar refractivity (Wildman–Crippen MR) is 102 cm³/mol. The SMILES string of the molecule is NC(=NCCCCCCN=C(N)N1CCCCC1)N1CCCCC1. The number of likely N-dealkylation sites (tertiary alicyclic amines) is 2. The lowest BCUT2D eigenvalue weighted by Crippen LogP contribution is -2.40. The van der Waals surface area contributed by atoms with Gasteiger partial charge in [-0.05, 0) is 51.4 Å². The van der Waals surface area contributed by atoms with E-state index < -0.39 is 0 Å². The van der Waals surface area contributed by atoms with Gasteiger partial charge in [-0.15, -0.1) is 0 Å². The molecule has 0 saturated carbocycles. The molecule has 2 aliphatic heterocycles. The van der Waals surface area contributed by atoms with Crippen molar-refractivity contribution in [3.63, 3.8) is 0 Å². The van der Waals surface area contributed by atoms with E-state index in [1.54, 1.807) is 0 Å². The summed E-state index contributed by atoms with van der Waals surface area (Å²) >= 11 is 0. The van der Waals surface area contributed by atoms with Crippen LogP contribution in [0, 0.1) is 0 Å². The van der Waals surface area contributed by atoms with Gasteiger partial charge >= 0.3 is 0 Å². The fourth-order valence-corrected chi connectivity index (χ4v) is 3.41. The molecule has 2 heterocycles. The molecule has 4 N–H and O–H groups in total. The van der Waals surface area contributed by atoms with Crippen LogP contribution in [0.2, 0.25) is 0 Å². The standard InChI is InChI=1S/C18H36N6/c19-17(23-13-7-3-8-14-23)21-11-5-1-2-6-12-22-18(20)24-15-9-4-10-16-24/h1-16H2,(H2,19,21)(H2,20,22). The molecule has 0 aliphatic carbocycles. The summed E-state index contributed by atoms with van der Waals surface area (Å²) in [5, 5.41) is 0. The Morgan fingerprint density at radius 1 is 0.583 bits per heavy atom. The zero-order valence-corrected chi connectivity index (χ0v) is 15.3. The molecule has 6 nitrogen and oxygen atoms in total. The molecule has 0 amide bonds. The molecule has 0 atom stereocenters. The Morgan fingerprint density at radius 2 is 0.958 bits per heavy atom. The number of hydrogen-bond donors (Lipinski definition) is 2. The molecule has 0 aromatic rings. The van der Waals surface area contributed by atoms with E-state index >= 15 is 0 Å². The maximum absolute atomic E-state index is 6.05. The third kappa shape index (κ3) is 6.97. The molecule has 0 spiro atoms. The smallest absolute Gasteiger partial charge is 0.191 e.